The zero-order valence-corrected chi connectivity index (χ0v) is 20.8. The Balaban J connectivity index is 2.40. The molecule has 2 heterocycles. The summed E-state index contributed by atoms with van der Waals surface area (Å²) in [6.45, 7) is 9.61. The first-order chi connectivity index (χ1) is 14.9. The highest BCUT2D eigenvalue weighted by Gasteiger charge is 2.17. The maximum Gasteiger partial charge on any atom is 0.223 e. The molecule has 2 rings (SSSR count). The fourth-order valence-electron chi connectivity index (χ4n) is 2.79. The Bertz CT molecular complexity index is 1160. The van der Waals surface area contributed by atoms with E-state index in [0.29, 0.717) is 27.8 Å². The van der Waals surface area contributed by atoms with E-state index in [0.717, 1.165) is 18.2 Å². The van der Waals surface area contributed by atoms with E-state index in [1.807, 2.05) is 26.0 Å². The molecule has 1 unspecified atom stereocenters. The Morgan fingerprint density at radius 1 is 1.31 bits per heavy atom. The number of carbonyl (C=O) groups excluding carboxylic acids is 1. The van der Waals surface area contributed by atoms with Crippen molar-refractivity contribution in [2.45, 2.75) is 52.5 Å². The lowest BCUT2D eigenvalue weighted by atomic mass is 10.0. The van der Waals surface area contributed by atoms with Crippen molar-refractivity contribution < 1.29 is 13.2 Å². The van der Waals surface area contributed by atoms with Gasteiger partial charge in [0, 0.05) is 12.5 Å². The minimum Gasteiger partial charge on any atom is -0.336 e. The molecule has 0 amide bonds. The summed E-state index contributed by atoms with van der Waals surface area (Å²) in [6.07, 6.45) is 5.26. The van der Waals surface area contributed by atoms with Crippen molar-refractivity contribution in [3.05, 3.63) is 58.1 Å². The molecule has 0 saturated heterocycles. The lowest BCUT2D eigenvalue weighted by Crippen LogP contribution is -2.25. The molecule has 0 aromatic carbocycles. The molecule has 32 heavy (non-hydrogen) atoms. The predicted molar refractivity (Wildman–Crippen MR) is 129 cm³/mol. The van der Waals surface area contributed by atoms with Crippen molar-refractivity contribution in [3.63, 3.8) is 0 Å². The van der Waals surface area contributed by atoms with E-state index >= 15 is 0 Å². The number of halogens is 1. The van der Waals surface area contributed by atoms with Crippen molar-refractivity contribution >= 4 is 38.7 Å². The van der Waals surface area contributed by atoms with Gasteiger partial charge in [0.25, 0.3) is 0 Å². The third-order valence-electron chi connectivity index (χ3n) is 4.97. The number of Topliss-reactive ketones (excluding diaryl/α,β-unsaturated/α-hetero) is 1. The number of allylic oxidation sites excluding steroid dienone is 1. The molecule has 0 radical (unpaired) electrons. The zero-order chi connectivity index (χ0) is 24.1. The van der Waals surface area contributed by atoms with E-state index in [1.165, 1.54) is 12.3 Å². The monoisotopic (exact) mass is 476 g/mol. The van der Waals surface area contributed by atoms with Gasteiger partial charge in [-0.05, 0) is 56.0 Å². The van der Waals surface area contributed by atoms with Crippen LogP contribution in [0.25, 0.3) is 0 Å². The summed E-state index contributed by atoms with van der Waals surface area (Å²) in [5.74, 6) is 0.180. The molecule has 2 aromatic heterocycles. The third kappa shape index (κ3) is 6.97. The molecule has 0 aliphatic heterocycles. The normalized spacial score (nSPS) is 13.7. The van der Waals surface area contributed by atoms with Crippen LogP contribution in [-0.2, 0) is 21.2 Å². The topological polar surface area (TPSA) is 101 Å². The summed E-state index contributed by atoms with van der Waals surface area (Å²) in [5, 5.41) is 3.51. The standard InChI is InChI=1S/C23H29ClN4O3S/c1-7-14(2)10-15(3)21(29)23(28-20-11-16(4)22(24)27-17(20)5)26-12-18-8-9-19(13-25-18)32(6,30)31/h8-11,13-14H,7,12H2,1-6H3,(H,26,28). The van der Waals surface area contributed by atoms with Crippen molar-refractivity contribution in [2.24, 2.45) is 10.9 Å². The van der Waals surface area contributed by atoms with Gasteiger partial charge in [-0.1, -0.05) is 37.9 Å². The number of ketones is 1. The summed E-state index contributed by atoms with van der Waals surface area (Å²) >= 11 is 6.10. The molecule has 9 heteroatoms. The number of aryl methyl sites for hydroxylation is 2. The summed E-state index contributed by atoms with van der Waals surface area (Å²) in [5.41, 5.74) is 3.17. The Morgan fingerprint density at radius 2 is 2.00 bits per heavy atom. The van der Waals surface area contributed by atoms with Crippen molar-refractivity contribution in [1.29, 1.82) is 0 Å². The summed E-state index contributed by atoms with van der Waals surface area (Å²) in [6, 6.07) is 4.89. The quantitative estimate of drug-likeness (QED) is 0.256. The maximum absolute atomic E-state index is 13.2. The highest BCUT2D eigenvalue weighted by atomic mass is 35.5. The van der Waals surface area contributed by atoms with E-state index in [1.54, 1.807) is 19.9 Å². The predicted octanol–water partition coefficient (Wildman–Crippen LogP) is 4.72. The number of hydrogen-bond donors (Lipinski definition) is 1. The van der Waals surface area contributed by atoms with Gasteiger partial charge >= 0.3 is 0 Å². The number of carbonyl (C=O) groups is 1. The van der Waals surface area contributed by atoms with E-state index in [-0.39, 0.29) is 29.0 Å². The smallest absolute Gasteiger partial charge is 0.223 e. The van der Waals surface area contributed by atoms with Crippen LogP contribution < -0.4 is 5.32 Å². The molecule has 1 atom stereocenters. The molecular formula is C23H29ClN4O3S. The highest BCUT2D eigenvalue weighted by Crippen LogP contribution is 2.21. The van der Waals surface area contributed by atoms with Gasteiger partial charge in [0.1, 0.15) is 5.15 Å². The van der Waals surface area contributed by atoms with E-state index in [2.05, 4.69) is 27.2 Å². The van der Waals surface area contributed by atoms with Gasteiger partial charge in [0.05, 0.1) is 28.5 Å². The first kappa shape index (κ1) is 25.7. The molecular weight excluding hydrogens is 448 g/mol. The molecule has 7 nitrogen and oxygen atoms in total. The fraction of sp³-hybridized carbons (Fsp3) is 0.391. The van der Waals surface area contributed by atoms with Gasteiger partial charge in [-0.3, -0.25) is 14.8 Å². The maximum atomic E-state index is 13.2. The molecule has 0 fully saturated rings. The van der Waals surface area contributed by atoms with Gasteiger partial charge in [-0.25, -0.2) is 13.4 Å². The number of hydrogen-bond acceptors (Lipinski definition) is 6. The fourth-order valence-corrected chi connectivity index (χ4v) is 3.53. The molecule has 1 N–H and O–H groups in total. The SMILES string of the molecule is CCC(C)C=C(C)C(=O)C(=NCc1ccc(S(C)(=O)=O)cn1)Nc1cc(C)c(Cl)nc1C. The van der Waals surface area contributed by atoms with Gasteiger partial charge in [0.15, 0.2) is 15.7 Å². The number of sulfone groups is 1. The zero-order valence-electron chi connectivity index (χ0n) is 19.2. The van der Waals surface area contributed by atoms with E-state index in [9.17, 15) is 13.2 Å². The Labute approximate surface area is 195 Å². The second-order valence-electron chi connectivity index (χ2n) is 7.84. The van der Waals surface area contributed by atoms with Crippen molar-refractivity contribution in [3.8, 4) is 0 Å². The lowest BCUT2D eigenvalue weighted by Gasteiger charge is -2.14. The molecule has 2 aromatic rings. The van der Waals surface area contributed by atoms with Crippen LogP contribution in [0.4, 0.5) is 5.69 Å². The van der Waals surface area contributed by atoms with Crippen LogP contribution in [0.15, 0.2) is 45.9 Å². The van der Waals surface area contributed by atoms with E-state index in [4.69, 9.17) is 11.6 Å². The molecule has 172 valence electrons. The molecule has 0 saturated carbocycles. The van der Waals surface area contributed by atoms with Crippen LogP contribution >= 0.6 is 11.6 Å². The largest absolute Gasteiger partial charge is 0.336 e. The van der Waals surface area contributed by atoms with Crippen LogP contribution in [0, 0.1) is 19.8 Å². The van der Waals surface area contributed by atoms with Gasteiger partial charge in [-0.15, -0.1) is 0 Å². The lowest BCUT2D eigenvalue weighted by molar-refractivity contribution is -0.109. The number of amidine groups is 1. The number of aliphatic imine (C=N–C) groups is 1. The average molecular weight is 477 g/mol. The summed E-state index contributed by atoms with van der Waals surface area (Å²) in [7, 11) is -3.33. The second kappa shape index (κ2) is 10.8. The van der Waals surface area contributed by atoms with Crippen molar-refractivity contribution in [1.82, 2.24) is 9.97 Å². The molecule has 0 bridgehead atoms. The Kier molecular flexibility index (Phi) is 8.69. The van der Waals surface area contributed by atoms with Gasteiger partial charge in [0.2, 0.25) is 5.78 Å². The number of aromatic nitrogens is 2. The molecule has 0 aliphatic carbocycles. The first-order valence-corrected chi connectivity index (χ1v) is 12.5. The molecule has 0 aliphatic rings. The van der Waals surface area contributed by atoms with E-state index < -0.39 is 9.84 Å². The van der Waals surface area contributed by atoms with Crippen molar-refractivity contribution in [2.75, 3.05) is 11.6 Å². The highest BCUT2D eigenvalue weighted by molar-refractivity contribution is 7.90. The number of rotatable bonds is 8. The number of nitrogens with one attached hydrogen (secondary N) is 1. The Morgan fingerprint density at radius 3 is 2.56 bits per heavy atom. The van der Waals surface area contributed by atoms with Crippen LogP contribution in [0.5, 0.6) is 0 Å². The number of pyridine rings is 2. The molecule has 0 spiro atoms. The summed E-state index contributed by atoms with van der Waals surface area (Å²) in [4.78, 5) is 26.2. The second-order valence-corrected chi connectivity index (χ2v) is 10.2. The minimum absolute atomic E-state index is 0.105. The summed E-state index contributed by atoms with van der Waals surface area (Å²) < 4.78 is 23.3. The van der Waals surface area contributed by atoms with Crippen LogP contribution in [0.2, 0.25) is 5.15 Å². The van der Waals surface area contributed by atoms with Gasteiger partial charge < -0.3 is 5.32 Å². The van der Waals surface area contributed by atoms with Crippen LogP contribution in [0.3, 0.4) is 0 Å². The third-order valence-corrected chi connectivity index (χ3v) is 6.45. The minimum atomic E-state index is -3.33. The van der Waals surface area contributed by atoms with Crippen LogP contribution in [0.1, 0.15) is 44.1 Å². The van der Waals surface area contributed by atoms with Gasteiger partial charge in [-0.2, -0.15) is 0 Å². The average Bonchev–Trinajstić information content (AvgIpc) is 2.73. The Hall–Kier alpha value is -2.58. The number of anilines is 1. The first-order valence-electron chi connectivity index (χ1n) is 10.3. The van der Waals surface area contributed by atoms with Crippen LogP contribution in [-0.4, -0.2) is 36.3 Å². The number of nitrogens with zero attached hydrogens (tertiary/aromatic N) is 3.